The van der Waals surface area contributed by atoms with Crippen molar-refractivity contribution in [2.24, 2.45) is 0 Å². The summed E-state index contributed by atoms with van der Waals surface area (Å²) < 4.78 is 0. The maximum absolute atomic E-state index is 11.7. The fourth-order valence-corrected chi connectivity index (χ4v) is 2.55. The third-order valence-electron chi connectivity index (χ3n) is 2.84. The molecule has 2 rings (SSSR count). The van der Waals surface area contributed by atoms with E-state index < -0.39 is 11.8 Å². The number of carbonyl (C=O) groups excluding carboxylic acids is 2. The van der Waals surface area contributed by atoms with Crippen molar-refractivity contribution in [1.82, 2.24) is 9.88 Å². The van der Waals surface area contributed by atoms with Gasteiger partial charge < -0.3 is 4.90 Å². The molecule has 0 aromatic carbocycles. The second-order valence-electron chi connectivity index (χ2n) is 4.11. The molecule has 0 bridgehead atoms. The maximum Gasteiger partial charge on any atom is 0.315 e. The quantitative estimate of drug-likeness (QED) is 0.768. The predicted molar refractivity (Wildman–Crippen MR) is 66.0 cm³/mol. The van der Waals surface area contributed by atoms with E-state index in [1.54, 1.807) is 4.90 Å². The molecule has 0 atom stereocenters. The number of nitrogens with one attached hydrogen (secondary N) is 1. The molecule has 6 heteroatoms. The van der Waals surface area contributed by atoms with Gasteiger partial charge in [-0.05, 0) is 26.7 Å². The van der Waals surface area contributed by atoms with E-state index >= 15 is 0 Å². The van der Waals surface area contributed by atoms with Gasteiger partial charge in [0.25, 0.3) is 0 Å². The Hall–Kier alpha value is -1.43. The molecule has 0 unspecified atom stereocenters. The molecule has 2 heterocycles. The van der Waals surface area contributed by atoms with Crippen molar-refractivity contribution in [3.63, 3.8) is 0 Å². The summed E-state index contributed by atoms with van der Waals surface area (Å²) in [4.78, 5) is 30.2. The first-order chi connectivity index (χ1) is 8.08. The Morgan fingerprint density at radius 1 is 1.29 bits per heavy atom. The van der Waals surface area contributed by atoms with Gasteiger partial charge in [-0.15, -0.1) is 11.3 Å². The van der Waals surface area contributed by atoms with Crippen LogP contribution in [-0.4, -0.2) is 34.8 Å². The molecule has 5 nitrogen and oxygen atoms in total. The number of thiazole rings is 1. The van der Waals surface area contributed by atoms with Crippen molar-refractivity contribution in [3.8, 4) is 0 Å². The van der Waals surface area contributed by atoms with Crippen molar-refractivity contribution >= 4 is 28.3 Å². The first kappa shape index (κ1) is 12.0. The molecule has 92 valence electrons. The van der Waals surface area contributed by atoms with Gasteiger partial charge in [-0.25, -0.2) is 4.98 Å². The van der Waals surface area contributed by atoms with Crippen LogP contribution in [-0.2, 0) is 9.59 Å². The summed E-state index contributed by atoms with van der Waals surface area (Å²) in [6.07, 6.45) is 1.96. The third kappa shape index (κ3) is 2.63. The van der Waals surface area contributed by atoms with Crippen LogP contribution >= 0.6 is 11.3 Å². The molecule has 17 heavy (non-hydrogen) atoms. The number of aryl methyl sites for hydroxylation is 2. The molecule has 2 amide bonds. The monoisotopic (exact) mass is 253 g/mol. The van der Waals surface area contributed by atoms with Gasteiger partial charge in [-0.2, -0.15) is 0 Å². The maximum atomic E-state index is 11.7. The second-order valence-corrected chi connectivity index (χ2v) is 5.32. The van der Waals surface area contributed by atoms with Crippen LogP contribution in [0, 0.1) is 13.8 Å². The Kier molecular flexibility index (Phi) is 3.42. The zero-order valence-corrected chi connectivity index (χ0v) is 10.8. The minimum atomic E-state index is -0.583. The summed E-state index contributed by atoms with van der Waals surface area (Å²) >= 11 is 1.39. The minimum absolute atomic E-state index is 0.451. The predicted octanol–water partition coefficient (Wildman–Crippen LogP) is 1.32. The number of rotatable bonds is 1. The smallest absolute Gasteiger partial charge is 0.315 e. The van der Waals surface area contributed by atoms with Gasteiger partial charge in [0, 0.05) is 18.0 Å². The molecule has 0 radical (unpaired) electrons. The SMILES string of the molecule is Cc1nc(NC(=O)C(=O)N2CCCC2)sc1C. The zero-order valence-electron chi connectivity index (χ0n) is 9.95. The molecule has 1 aromatic rings. The summed E-state index contributed by atoms with van der Waals surface area (Å²) in [5.74, 6) is -1.03. The third-order valence-corrected chi connectivity index (χ3v) is 3.82. The largest absolute Gasteiger partial charge is 0.334 e. The number of nitrogens with zero attached hydrogens (tertiary/aromatic N) is 2. The van der Waals surface area contributed by atoms with Gasteiger partial charge in [0.2, 0.25) is 0 Å². The number of hydrogen-bond donors (Lipinski definition) is 1. The Morgan fingerprint density at radius 3 is 2.47 bits per heavy atom. The topological polar surface area (TPSA) is 62.3 Å². The highest BCUT2D eigenvalue weighted by Gasteiger charge is 2.25. The minimum Gasteiger partial charge on any atom is -0.334 e. The molecular weight excluding hydrogens is 238 g/mol. The van der Waals surface area contributed by atoms with Crippen LogP contribution in [0.3, 0.4) is 0 Å². The Bertz CT molecular complexity index is 430. The number of aromatic nitrogens is 1. The van der Waals surface area contributed by atoms with Gasteiger partial charge in [-0.1, -0.05) is 0 Å². The van der Waals surface area contributed by atoms with E-state index in [1.165, 1.54) is 11.3 Å². The van der Waals surface area contributed by atoms with E-state index in [4.69, 9.17) is 0 Å². The van der Waals surface area contributed by atoms with Crippen LogP contribution < -0.4 is 5.32 Å². The van der Waals surface area contributed by atoms with Crippen molar-refractivity contribution in [2.45, 2.75) is 26.7 Å². The lowest BCUT2D eigenvalue weighted by Gasteiger charge is -2.13. The van der Waals surface area contributed by atoms with Crippen molar-refractivity contribution in [3.05, 3.63) is 10.6 Å². The molecule has 1 N–H and O–H groups in total. The Labute approximate surface area is 104 Å². The van der Waals surface area contributed by atoms with Crippen LogP contribution in [0.4, 0.5) is 5.13 Å². The fraction of sp³-hybridized carbons (Fsp3) is 0.545. The standard InChI is InChI=1S/C11H15N3O2S/c1-7-8(2)17-11(12-7)13-9(15)10(16)14-5-3-4-6-14/h3-6H2,1-2H3,(H,12,13,15). The van der Waals surface area contributed by atoms with Gasteiger partial charge in [0.1, 0.15) is 0 Å². The molecule has 1 saturated heterocycles. The molecule has 1 aromatic heterocycles. The number of carbonyl (C=O) groups is 2. The van der Waals surface area contributed by atoms with Crippen LogP contribution in [0.5, 0.6) is 0 Å². The fourth-order valence-electron chi connectivity index (χ4n) is 1.74. The van der Waals surface area contributed by atoms with Gasteiger partial charge in [-0.3, -0.25) is 14.9 Å². The highest BCUT2D eigenvalue weighted by Crippen LogP contribution is 2.21. The lowest BCUT2D eigenvalue weighted by Crippen LogP contribution is -2.37. The second kappa shape index (κ2) is 4.83. The molecule has 1 aliphatic heterocycles. The Balaban J connectivity index is 1.98. The molecule has 0 aliphatic carbocycles. The van der Waals surface area contributed by atoms with E-state index in [0.29, 0.717) is 18.2 Å². The van der Waals surface area contributed by atoms with Crippen molar-refractivity contribution < 1.29 is 9.59 Å². The van der Waals surface area contributed by atoms with Crippen molar-refractivity contribution in [1.29, 1.82) is 0 Å². The first-order valence-corrected chi connectivity index (χ1v) is 6.44. The van der Waals surface area contributed by atoms with E-state index in [9.17, 15) is 9.59 Å². The molecular formula is C11H15N3O2S. The van der Waals surface area contributed by atoms with E-state index in [2.05, 4.69) is 10.3 Å². The number of amides is 2. The highest BCUT2D eigenvalue weighted by atomic mass is 32.1. The zero-order chi connectivity index (χ0) is 12.4. The van der Waals surface area contributed by atoms with E-state index in [0.717, 1.165) is 23.4 Å². The van der Waals surface area contributed by atoms with Gasteiger partial charge in [0.15, 0.2) is 5.13 Å². The van der Waals surface area contributed by atoms with Crippen LogP contribution in [0.25, 0.3) is 0 Å². The molecule has 1 fully saturated rings. The average Bonchev–Trinajstić information content (AvgIpc) is 2.89. The van der Waals surface area contributed by atoms with E-state index in [-0.39, 0.29) is 0 Å². The van der Waals surface area contributed by atoms with Gasteiger partial charge in [0.05, 0.1) is 5.69 Å². The summed E-state index contributed by atoms with van der Waals surface area (Å²) in [7, 11) is 0. The normalized spacial score (nSPS) is 15.1. The first-order valence-electron chi connectivity index (χ1n) is 5.62. The lowest BCUT2D eigenvalue weighted by atomic mass is 10.4. The molecule has 0 spiro atoms. The summed E-state index contributed by atoms with van der Waals surface area (Å²) in [5, 5.41) is 3.06. The number of likely N-dealkylation sites (tertiary alicyclic amines) is 1. The summed E-state index contributed by atoms with van der Waals surface area (Å²) in [6, 6.07) is 0. The lowest BCUT2D eigenvalue weighted by molar-refractivity contribution is -0.142. The number of anilines is 1. The summed E-state index contributed by atoms with van der Waals surface area (Å²) in [6.45, 7) is 5.18. The number of hydrogen-bond acceptors (Lipinski definition) is 4. The van der Waals surface area contributed by atoms with Crippen molar-refractivity contribution in [2.75, 3.05) is 18.4 Å². The highest BCUT2D eigenvalue weighted by molar-refractivity contribution is 7.15. The summed E-state index contributed by atoms with van der Waals surface area (Å²) in [5.41, 5.74) is 0.888. The van der Waals surface area contributed by atoms with Crippen LogP contribution in [0.15, 0.2) is 0 Å². The average molecular weight is 253 g/mol. The van der Waals surface area contributed by atoms with Crippen LogP contribution in [0.1, 0.15) is 23.4 Å². The Morgan fingerprint density at radius 2 is 1.94 bits per heavy atom. The van der Waals surface area contributed by atoms with E-state index in [1.807, 2.05) is 13.8 Å². The van der Waals surface area contributed by atoms with Crippen LogP contribution in [0.2, 0.25) is 0 Å². The molecule has 0 saturated carbocycles. The van der Waals surface area contributed by atoms with Gasteiger partial charge >= 0.3 is 11.8 Å². The molecule has 1 aliphatic rings.